The van der Waals surface area contributed by atoms with Crippen LogP contribution < -0.4 is 10.9 Å². The SMILES string of the molecule is Cc1c(NC(=O)CSc2nnc(CS(=O)(=O)c3ccccc3)n2C)c(=O)n(-c2ccccc2)n1C. The molecule has 0 saturated heterocycles. The Hall–Kier alpha value is -3.64. The third kappa shape index (κ3) is 5.08. The van der Waals surface area contributed by atoms with Crippen LogP contribution in [0.25, 0.3) is 5.69 Å². The summed E-state index contributed by atoms with van der Waals surface area (Å²) in [5, 5.41) is 11.1. The van der Waals surface area contributed by atoms with Gasteiger partial charge in [0.25, 0.3) is 5.56 Å². The van der Waals surface area contributed by atoms with Crippen LogP contribution in [0, 0.1) is 6.92 Å². The number of para-hydroxylation sites is 1. The molecular weight excluding hydrogens is 488 g/mol. The van der Waals surface area contributed by atoms with Crippen molar-refractivity contribution in [3.8, 4) is 5.69 Å². The standard InChI is InChI=1S/C23H24N6O4S2/c1-16-21(22(31)29(28(16)3)17-10-6-4-7-11-17)24-20(30)14-34-23-26-25-19(27(23)2)15-35(32,33)18-12-8-5-9-13-18/h4-13H,14-15H2,1-3H3,(H,24,30). The fraction of sp³-hybridized carbons (Fsp3) is 0.217. The van der Waals surface area contributed by atoms with E-state index in [0.29, 0.717) is 16.5 Å². The van der Waals surface area contributed by atoms with Crippen LogP contribution in [-0.4, -0.2) is 44.2 Å². The molecule has 0 saturated carbocycles. The number of amides is 1. The molecule has 10 nitrogen and oxygen atoms in total. The molecule has 4 rings (SSSR count). The lowest BCUT2D eigenvalue weighted by Crippen LogP contribution is -2.23. The van der Waals surface area contributed by atoms with Gasteiger partial charge in [0, 0.05) is 14.1 Å². The summed E-state index contributed by atoms with van der Waals surface area (Å²) in [7, 11) is -0.182. The van der Waals surface area contributed by atoms with Crippen LogP contribution in [0.15, 0.2) is 75.5 Å². The van der Waals surface area contributed by atoms with Crippen LogP contribution in [0.5, 0.6) is 0 Å². The van der Waals surface area contributed by atoms with Crippen LogP contribution in [0.1, 0.15) is 11.5 Å². The number of aromatic nitrogens is 5. The van der Waals surface area contributed by atoms with Gasteiger partial charge in [0.2, 0.25) is 5.91 Å². The first-order valence-electron chi connectivity index (χ1n) is 10.6. The maximum absolute atomic E-state index is 13.0. The quantitative estimate of drug-likeness (QED) is 0.360. The van der Waals surface area contributed by atoms with E-state index in [9.17, 15) is 18.0 Å². The lowest BCUT2D eigenvalue weighted by molar-refractivity contribution is -0.113. The number of carbonyl (C=O) groups is 1. The number of thioether (sulfide) groups is 1. The summed E-state index contributed by atoms with van der Waals surface area (Å²) in [5.41, 5.74) is 1.18. The molecule has 0 fully saturated rings. The van der Waals surface area contributed by atoms with E-state index in [-0.39, 0.29) is 39.4 Å². The fourth-order valence-electron chi connectivity index (χ4n) is 3.50. The molecule has 182 valence electrons. The van der Waals surface area contributed by atoms with Gasteiger partial charge in [-0.15, -0.1) is 10.2 Å². The van der Waals surface area contributed by atoms with Gasteiger partial charge in [0.15, 0.2) is 15.0 Å². The molecule has 0 aliphatic heterocycles. The predicted molar refractivity (Wildman–Crippen MR) is 133 cm³/mol. The third-order valence-electron chi connectivity index (χ3n) is 5.50. The minimum absolute atomic E-state index is 0.0312. The van der Waals surface area contributed by atoms with Gasteiger partial charge >= 0.3 is 0 Å². The van der Waals surface area contributed by atoms with Crippen LogP contribution in [0.4, 0.5) is 5.69 Å². The summed E-state index contributed by atoms with van der Waals surface area (Å²) in [6.07, 6.45) is 0. The van der Waals surface area contributed by atoms with Gasteiger partial charge in [-0.05, 0) is 31.2 Å². The van der Waals surface area contributed by atoms with E-state index >= 15 is 0 Å². The van der Waals surface area contributed by atoms with Gasteiger partial charge in [-0.3, -0.25) is 14.3 Å². The second kappa shape index (κ2) is 9.92. The number of sulfone groups is 1. The Morgan fingerprint density at radius 2 is 1.63 bits per heavy atom. The highest BCUT2D eigenvalue weighted by atomic mass is 32.2. The first-order valence-corrected chi connectivity index (χ1v) is 13.3. The smallest absolute Gasteiger partial charge is 0.295 e. The Labute approximate surface area is 206 Å². The van der Waals surface area contributed by atoms with E-state index in [1.54, 1.807) is 48.5 Å². The molecule has 0 bridgehead atoms. The van der Waals surface area contributed by atoms with E-state index in [1.165, 1.54) is 16.8 Å². The van der Waals surface area contributed by atoms with Crippen molar-refractivity contribution in [2.75, 3.05) is 11.1 Å². The average Bonchev–Trinajstić information content (AvgIpc) is 3.29. The van der Waals surface area contributed by atoms with Crippen molar-refractivity contribution < 1.29 is 13.2 Å². The summed E-state index contributed by atoms with van der Waals surface area (Å²) in [5.74, 6) is -0.463. The third-order valence-corrected chi connectivity index (χ3v) is 8.15. The zero-order chi connectivity index (χ0) is 25.2. The molecule has 0 radical (unpaired) electrons. The van der Waals surface area contributed by atoms with Gasteiger partial charge in [0.05, 0.1) is 22.0 Å². The van der Waals surface area contributed by atoms with Crippen molar-refractivity contribution in [3.63, 3.8) is 0 Å². The topological polar surface area (TPSA) is 121 Å². The molecule has 0 spiro atoms. The number of carbonyl (C=O) groups excluding carboxylic acids is 1. The summed E-state index contributed by atoms with van der Waals surface area (Å²) in [6, 6.07) is 17.3. The van der Waals surface area contributed by atoms with E-state index < -0.39 is 9.84 Å². The van der Waals surface area contributed by atoms with E-state index in [4.69, 9.17) is 0 Å². The highest BCUT2D eigenvalue weighted by Crippen LogP contribution is 2.20. The number of hydrogen-bond acceptors (Lipinski definition) is 7. The van der Waals surface area contributed by atoms with E-state index in [1.807, 2.05) is 30.3 Å². The minimum atomic E-state index is -3.58. The van der Waals surface area contributed by atoms with Crippen molar-refractivity contribution in [2.24, 2.45) is 14.1 Å². The zero-order valence-electron chi connectivity index (χ0n) is 19.4. The summed E-state index contributed by atoms with van der Waals surface area (Å²) in [6.45, 7) is 1.76. The lowest BCUT2D eigenvalue weighted by Gasteiger charge is -2.07. The Balaban J connectivity index is 1.44. The maximum atomic E-state index is 13.0. The Bertz CT molecular complexity index is 1520. The Morgan fingerprint density at radius 1 is 1.00 bits per heavy atom. The zero-order valence-corrected chi connectivity index (χ0v) is 21.0. The van der Waals surface area contributed by atoms with E-state index in [0.717, 1.165) is 11.8 Å². The predicted octanol–water partition coefficient (Wildman–Crippen LogP) is 2.32. The molecule has 1 N–H and O–H groups in total. The molecule has 0 aliphatic carbocycles. The van der Waals surface area contributed by atoms with Crippen molar-refractivity contribution in [3.05, 3.63) is 82.5 Å². The molecule has 2 aromatic carbocycles. The van der Waals surface area contributed by atoms with Crippen LogP contribution >= 0.6 is 11.8 Å². The minimum Gasteiger partial charge on any atom is -0.319 e. The largest absolute Gasteiger partial charge is 0.319 e. The molecule has 0 aliphatic rings. The van der Waals surface area contributed by atoms with Crippen molar-refractivity contribution in [1.29, 1.82) is 0 Å². The number of anilines is 1. The van der Waals surface area contributed by atoms with Crippen LogP contribution in [0.3, 0.4) is 0 Å². The molecule has 2 heterocycles. The number of rotatable bonds is 8. The highest BCUT2D eigenvalue weighted by molar-refractivity contribution is 7.99. The van der Waals surface area contributed by atoms with Crippen LogP contribution in [-0.2, 0) is 34.5 Å². The van der Waals surface area contributed by atoms with Gasteiger partial charge in [-0.2, -0.15) is 0 Å². The van der Waals surface area contributed by atoms with Crippen molar-refractivity contribution >= 4 is 33.2 Å². The molecule has 4 aromatic rings. The molecule has 1 amide bonds. The highest BCUT2D eigenvalue weighted by Gasteiger charge is 2.21. The second-order valence-corrected chi connectivity index (χ2v) is 10.7. The van der Waals surface area contributed by atoms with Crippen molar-refractivity contribution in [2.45, 2.75) is 22.7 Å². The van der Waals surface area contributed by atoms with Gasteiger partial charge in [-0.1, -0.05) is 48.2 Å². The fourth-order valence-corrected chi connectivity index (χ4v) is 5.56. The number of nitrogens with one attached hydrogen (secondary N) is 1. The average molecular weight is 513 g/mol. The maximum Gasteiger partial charge on any atom is 0.295 e. The Kier molecular flexibility index (Phi) is 6.94. The second-order valence-electron chi connectivity index (χ2n) is 7.80. The van der Waals surface area contributed by atoms with Gasteiger partial charge in [0.1, 0.15) is 17.3 Å². The van der Waals surface area contributed by atoms with Crippen LogP contribution in [0.2, 0.25) is 0 Å². The number of nitrogens with zero attached hydrogens (tertiary/aromatic N) is 5. The summed E-state index contributed by atoms with van der Waals surface area (Å²) >= 11 is 1.10. The molecule has 35 heavy (non-hydrogen) atoms. The molecule has 2 aromatic heterocycles. The normalized spacial score (nSPS) is 11.5. The van der Waals surface area contributed by atoms with E-state index in [2.05, 4.69) is 15.5 Å². The number of benzene rings is 2. The monoisotopic (exact) mass is 512 g/mol. The Morgan fingerprint density at radius 3 is 2.29 bits per heavy atom. The number of hydrogen-bond donors (Lipinski definition) is 1. The molecule has 12 heteroatoms. The molecule has 0 unspecified atom stereocenters. The molecular formula is C23H24N6O4S2. The van der Waals surface area contributed by atoms with Crippen molar-refractivity contribution in [1.82, 2.24) is 24.1 Å². The lowest BCUT2D eigenvalue weighted by atomic mass is 10.3. The summed E-state index contributed by atoms with van der Waals surface area (Å²) < 4.78 is 30.0. The summed E-state index contributed by atoms with van der Waals surface area (Å²) in [4.78, 5) is 25.8. The van der Waals surface area contributed by atoms with Gasteiger partial charge < -0.3 is 9.88 Å². The first kappa shape index (κ1) is 24.5. The van der Waals surface area contributed by atoms with Gasteiger partial charge in [-0.25, -0.2) is 13.1 Å². The molecule has 0 atom stereocenters. The first-order chi connectivity index (χ1) is 16.7.